The molecule has 4 rings (SSSR count). The van der Waals surface area contributed by atoms with E-state index in [9.17, 15) is 19.2 Å². The summed E-state index contributed by atoms with van der Waals surface area (Å²) in [6.45, 7) is 6.50. The van der Waals surface area contributed by atoms with Gasteiger partial charge in [0.2, 0.25) is 11.8 Å². The topological polar surface area (TPSA) is 145 Å². The van der Waals surface area contributed by atoms with E-state index in [-0.39, 0.29) is 36.4 Å². The molecule has 2 fully saturated rings. The molecule has 3 aliphatic rings. The highest BCUT2D eigenvalue weighted by Crippen LogP contribution is 2.30. The van der Waals surface area contributed by atoms with Crippen molar-refractivity contribution in [3.05, 3.63) is 45.3 Å². The number of nitrogens with zero attached hydrogens (tertiary/aromatic N) is 5. The number of unbranched alkanes of at least 4 members (excludes halogenated alkanes) is 3. The minimum absolute atomic E-state index is 0.00483. The molecule has 224 valence electrons. The first-order chi connectivity index (χ1) is 20.1. The molecule has 11 nitrogen and oxygen atoms in total. The maximum atomic E-state index is 13.0. The molecule has 1 atom stereocenters. The fourth-order valence-electron chi connectivity index (χ4n) is 5.83. The van der Waals surface area contributed by atoms with Gasteiger partial charge < -0.3 is 14.5 Å². The maximum Gasteiger partial charge on any atom is 0.410 e. The second-order valence-corrected chi connectivity index (χ2v) is 12.2. The molecule has 1 aliphatic carbocycles. The van der Waals surface area contributed by atoms with Crippen molar-refractivity contribution < 1.29 is 23.9 Å². The quantitative estimate of drug-likeness (QED) is 0.113. The molecule has 1 aromatic carbocycles. The Morgan fingerprint density at radius 3 is 2.60 bits per heavy atom. The summed E-state index contributed by atoms with van der Waals surface area (Å²) in [7, 11) is 0. The van der Waals surface area contributed by atoms with Crippen LogP contribution in [0.4, 0.5) is 4.79 Å². The van der Waals surface area contributed by atoms with E-state index in [1.165, 1.54) is 4.90 Å². The molecule has 0 spiro atoms. The third kappa shape index (κ3) is 7.83. The molecule has 1 N–H and O–H groups in total. The fraction of sp³-hybridized carbons (Fsp3) is 0.613. The maximum absolute atomic E-state index is 13.0. The van der Waals surface area contributed by atoms with Gasteiger partial charge in [-0.3, -0.25) is 19.7 Å². The summed E-state index contributed by atoms with van der Waals surface area (Å²) in [5.41, 5.74) is 10.3. The molecule has 42 heavy (non-hydrogen) atoms. The molecule has 1 saturated carbocycles. The van der Waals surface area contributed by atoms with Crippen LogP contribution in [0.5, 0.6) is 0 Å². The average molecular weight is 577 g/mol. The zero-order valence-electron chi connectivity index (χ0n) is 24.7. The molecule has 4 amide bonds. The number of nitrogens with one attached hydrogen (secondary N) is 1. The van der Waals surface area contributed by atoms with E-state index in [4.69, 9.17) is 10.3 Å². The number of rotatable bonds is 8. The predicted octanol–water partition coefficient (Wildman–Crippen LogP) is 5.22. The summed E-state index contributed by atoms with van der Waals surface area (Å²) in [6.07, 6.45) is 6.64. The Morgan fingerprint density at radius 2 is 1.90 bits per heavy atom. The summed E-state index contributed by atoms with van der Waals surface area (Å²) in [5.74, 6) is 5.51. The Bertz CT molecular complexity index is 1310. The minimum atomic E-state index is -0.648. The summed E-state index contributed by atoms with van der Waals surface area (Å²) >= 11 is 0. The van der Waals surface area contributed by atoms with Gasteiger partial charge in [0.05, 0.1) is 0 Å². The first-order valence-corrected chi connectivity index (χ1v) is 14.9. The van der Waals surface area contributed by atoms with Gasteiger partial charge in [0.25, 0.3) is 5.91 Å². The third-order valence-electron chi connectivity index (χ3n) is 7.96. The second-order valence-electron chi connectivity index (χ2n) is 12.2. The van der Waals surface area contributed by atoms with Gasteiger partial charge in [0, 0.05) is 54.1 Å². The standard InChI is InChI=1S/C31H40N6O5/c1-31(2,3)42-30(41)36(23-15-13-22(14-16-23)34-35-32)19-8-6-4-5-7-10-21-11-9-12-24-25(21)20-37(29(24)40)26-17-18-27(38)33-28(26)39/h9,11-12,22-23,26H,4-6,8,13-20H2,1-3H3,(H,33,38,39)/t22-,23+,26?. The molecule has 11 heteroatoms. The number of carbonyl (C=O) groups excluding carboxylic acids is 4. The van der Waals surface area contributed by atoms with Gasteiger partial charge >= 0.3 is 6.09 Å². The van der Waals surface area contributed by atoms with Crippen molar-refractivity contribution in [3.63, 3.8) is 0 Å². The van der Waals surface area contributed by atoms with E-state index < -0.39 is 17.6 Å². The van der Waals surface area contributed by atoms with Crippen LogP contribution >= 0.6 is 0 Å². The molecular formula is C31H40N6O5. The molecule has 0 bridgehead atoms. The van der Waals surface area contributed by atoms with Gasteiger partial charge in [-0.25, -0.2) is 4.79 Å². The van der Waals surface area contributed by atoms with Crippen LogP contribution in [0.2, 0.25) is 0 Å². The van der Waals surface area contributed by atoms with Crippen LogP contribution < -0.4 is 5.32 Å². The number of piperidine rings is 1. The molecular weight excluding hydrogens is 536 g/mol. The van der Waals surface area contributed by atoms with Crippen molar-refractivity contribution in [2.24, 2.45) is 5.11 Å². The van der Waals surface area contributed by atoms with E-state index >= 15 is 0 Å². The van der Waals surface area contributed by atoms with Crippen LogP contribution in [0.3, 0.4) is 0 Å². The fourth-order valence-corrected chi connectivity index (χ4v) is 5.83. The number of amides is 4. The molecule has 1 aromatic rings. The van der Waals surface area contributed by atoms with E-state index in [1.54, 1.807) is 12.1 Å². The number of hydrogen-bond donors (Lipinski definition) is 1. The van der Waals surface area contributed by atoms with Crippen LogP contribution in [0.15, 0.2) is 23.3 Å². The summed E-state index contributed by atoms with van der Waals surface area (Å²) in [5, 5.41) is 6.18. The number of fused-ring (bicyclic) bond motifs is 1. The number of azide groups is 1. The number of ether oxygens (including phenoxy) is 1. The van der Waals surface area contributed by atoms with E-state index in [2.05, 4.69) is 27.2 Å². The predicted molar refractivity (Wildman–Crippen MR) is 156 cm³/mol. The minimum Gasteiger partial charge on any atom is -0.444 e. The number of hydrogen-bond acceptors (Lipinski definition) is 6. The highest BCUT2D eigenvalue weighted by atomic mass is 16.6. The van der Waals surface area contributed by atoms with Crippen LogP contribution in [-0.4, -0.2) is 63.9 Å². The Morgan fingerprint density at radius 1 is 1.14 bits per heavy atom. The second kappa shape index (κ2) is 13.8. The number of carbonyl (C=O) groups is 4. The van der Waals surface area contributed by atoms with Gasteiger partial charge in [-0.15, -0.1) is 0 Å². The van der Waals surface area contributed by atoms with E-state index in [0.29, 0.717) is 31.5 Å². The average Bonchev–Trinajstić information content (AvgIpc) is 3.27. The Labute approximate surface area is 246 Å². The van der Waals surface area contributed by atoms with Crippen molar-refractivity contribution in [2.45, 2.75) is 115 Å². The Kier molecular flexibility index (Phi) is 10.1. The van der Waals surface area contributed by atoms with Crippen LogP contribution in [0.25, 0.3) is 10.4 Å². The summed E-state index contributed by atoms with van der Waals surface area (Å²) in [6, 6.07) is 4.88. The smallest absolute Gasteiger partial charge is 0.410 e. The van der Waals surface area contributed by atoms with Gasteiger partial charge in [0.15, 0.2) is 0 Å². The lowest BCUT2D eigenvalue weighted by atomic mass is 9.90. The molecule has 2 aliphatic heterocycles. The van der Waals surface area contributed by atoms with E-state index in [1.807, 2.05) is 31.7 Å². The molecule has 1 saturated heterocycles. The summed E-state index contributed by atoms with van der Waals surface area (Å²) in [4.78, 5) is 56.2. The van der Waals surface area contributed by atoms with Crippen LogP contribution in [0.1, 0.15) is 106 Å². The lowest BCUT2D eigenvalue weighted by Gasteiger charge is -2.37. The zero-order chi connectivity index (χ0) is 30.3. The molecule has 2 heterocycles. The highest BCUT2D eigenvalue weighted by Gasteiger charge is 2.39. The van der Waals surface area contributed by atoms with Crippen molar-refractivity contribution >= 4 is 23.8 Å². The first kappa shape index (κ1) is 30.9. The van der Waals surface area contributed by atoms with Crippen LogP contribution in [-0.2, 0) is 20.9 Å². The Balaban J connectivity index is 1.29. The van der Waals surface area contributed by atoms with Crippen molar-refractivity contribution in [1.82, 2.24) is 15.1 Å². The largest absolute Gasteiger partial charge is 0.444 e. The van der Waals surface area contributed by atoms with Gasteiger partial charge in [-0.05, 0) is 88.9 Å². The third-order valence-corrected chi connectivity index (χ3v) is 7.96. The SMILES string of the molecule is CC(C)(C)OC(=O)N(CCCCCC#Cc1cccc2c1CN(C1CCC(=O)NC1=O)C2=O)[C@H]1CC[C@@H](N=[N+]=[N-])CC1. The van der Waals surface area contributed by atoms with Crippen molar-refractivity contribution in [1.29, 1.82) is 0 Å². The van der Waals surface area contributed by atoms with E-state index in [0.717, 1.165) is 56.1 Å². The summed E-state index contributed by atoms with van der Waals surface area (Å²) < 4.78 is 5.69. The normalized spacial score (nSPS) is 21.9. The van der Waals surface area contributed by atoms with Gasteiger partial charge in [-0.1, -0.05) is 29.4 Å². The lowest BCUT2D eigenvalue weighted by Crippen LogP contribution is -2.52. The number of benzene rings is 1. The first-order valence-electron chi connectivity index (χ1n) is 14.9. The molecule has 0 radical (unpaired) electrons. The van der Waals surface area contributed by atoms with Gasteiger partial charge in [0.1, 0.15) is 11.6 Å². The van der Waals surface area contributed by atoms with Crippen molar-refractivity contribution in [2.75, 3.05) is 6.54 Å². The Hall–Kier alpha value is -4.03. The highest BCUT2D eigenvalue weighted by molar-refractivity contribution is 6.05. The van der Waals surface area contributed by atoms with Crippen LogP contribution in [0, 0.1) is 11.8 Å². The van der Waals surface area contributed by atoms with Crippen molar-refractivity contribution in [3.8, 4) is 11.8 Å². The molecule has 0 aromatic heterocycles. The zero-order valence-corrected chi connectivity index (χ0v) is 24.7. The molecule has 1 unspecified atom stereocenters. The number of imide groups is 1. The van der Waals surface area contributed by atoms with Gasteiger partial charge in [-0.2, -0.15) is 0 Å². The monoisotopic (exact) mass is 576 g/mol. The lowest BCUT2D eigenvalue weighted by molar-refractivity contribution is -0.136.